The number of furan rings is 1. The van der Waals surface area contributed by atoms with Crippen molar-refractivity contribution >= 4 is 39.4 Å². The van der Waals surface area contributed by atoms with Crippen molar-refractivity contribution in [3.8, 4) is 11.3 Å². The summed E-state index contributed by atoms with van der Waals surface area (Å²) in [7, 11) is 0. The molecule has 0 aliphatic rings. The van der Waals surface area contributed by atoms with Crippen LogP contribution in [0.2, 0.25) is 0 Å². The molecule has 0 saturated carbocycles. The molecule has 3 aromatic carbocycles. The fourth-order valence-corrected chi connectivity index (χ4v) is 3.53. The molecule has 5 rings (SSSR count). The fraction of sp³-hybridized carbons (Fsp3) is 0. The first-order valence-corrected chi connectivity index (χ1v) is 9.61. The van der Waals surface area contributed by atoms with E-state index in [1.54, 1.807) is 36.4 Å². The number of carbonyl (C=O) groups is 2. The standard InChI is InChI=1S/C25H16N2O4/c28-24(27-18-10-9-15-11-17(25(29)30)14-26-21(15)13-18)20-7-3-2-6-19(20)23-12-16-5-1-4-8-22(16)31-23/h1-14H,(H,27,28)(H,29,30). The minimum atomic E-state index is -1.03. The molecule has 31 heavy (non-hydrogen) atoms. The van der Waals surface area contributed by atoms with Gasteiger partial charge < -0.3 is 14.8 Å². The molecule has 0 aliphatic heterocycles. The van der Waals surface area contributed by atoms with Gasteiger partial charge >= 0.3 is 5.97 Å². The summed E-state index contributed by atoms with van der Waals surface area (Å²) in [5, 5.41) is 13.6. The number of amides is 1. The Hall–Kier alpha value is -4.45. The van der Waals surface area contributed by atoms with Crippen molar-refractivity contribution in [1.82, 2.24) is 4.98 Å². The van der Waals surface area contributed by atoms with Gasteiger partial charge in [0.05, 0.1) is 16.6 Å². The summed E-state index contributed by atoms with van der Waals surface area (Å²) in [6.07, 6.45) is 1.30. The van der Waals surface area contributed by atoms with E-state index < -0.39 is 5.97 Å². The zero-order valence-electron chi connectivity index (χ0n) is 16.2. The third kappa shape index (κ3) is 3.51. The van der Waals surface area contributed by atoms with Crippen LogP contribution in [0.4, 0.5) is 5.69 Å². The van der Waals surface area contributed by atoms with Crippen LogP contribution in [0.3, 0.4) is 0 Å². The second-order valence-electron chi connectivity index (χ2n) is 7.08. The molecule has 2 N–H and O–H groups in total. The highest BCUT2D eigenvalue weighted by atomic mass is 16.4. The minimum Gasteiger partial charge on any atom is -0.478 e. The Morgan fingerprint density at radius 2 is 1.68 bits per heavy atom. The minimum absolute atomic E-state index is 0.115. The molecule has 5 aromatic rings. The van der Waals surface area contributed by atoms with E-state index in [1.165, 1.54) is 6.20 Å². The maximum atomic E-state index is 13.1. The number of carboxylic acids is 1. The Labute approximate surface area is 176 Å². The van der Waals surface area contributed by atoms with Gasteiger partial charge in [0.15, 0.2) is 0 Å². The van der Waals surface area contributed by atoms with Crippen LogP contribution in [0, 0.1) is 0 Å². The summed E-state index contributed by atoms with van der Waals surface area (Å²) >= 11 is 0. The fourth-order valence-electron chi connectivity index (χ4n) is 3.53. The van der Waals surface area contributed by atoms with E-state index in [0.29, 0.717) is 33.5 Å². The monoisotopic (exact) mass is 408 g/mol. The van der Waals surface area contributed by atoms with Gasteiger partial charge in [0.25, 0.3) is 5.91 Å². The second kappa shape index (κ2) is 7.42. The number of hydrogen-bond acceptors (Lipinski definition) is 4. The summed E-state index contributed by atoms with van der Waals surface area (Å²) in [4.78, 5) is 28.4. The topological polar surface area (TPSA) is 92.4 Å². The quantitative estimate of drug-likeness (QED) is 0.404. The van der Waals surface area contributed by atoms with Crippen molar-refractivity contribution in [3.05, 3.63) is 96.2 Å². The predicted molar refractivity (Wildman–Crippen MR) is 118 cm³/mol. The first kappa shape index (κ1) is 18.6. The molecule has 0 radical (unpaired) electrons. The highest BCUT2D eigenvalue weighted by Gasteiger charge is 2.16. The molecule has 0 atom stereocenters. The highest BCUT2D eigenvalue weighted by molar-refractivity contribution is 6.09. The van der Waals surface area contributed by atoms with E-state index in [9.17, 15) is 9.59 Å². The number of para-hydroxylation sites is 1. The van der Waals surface area contributed by atoms with Crippen molar-refractivity contribution in [3.63, 3.8) is 0 Å². The first-order chi connectivity index (χ1) is 15.1. The molecule has 2 heterocycles. The summed E-state index contributed by atoms with van der Waals surface area (Å²) in [6.45, 7) is 0. The number of hydrogen-bond donors (Lipinski definition) is 2. The molecule has 1 amide bonds. The van der Waals surface area contributed by atoms with Gasteiger partial charge in [-0.2, -0.15) is 0 Å². The van der Waals surface area contributed by atoms with Crippen LogP contribution in [0.25, 0.3) is 33.2 Å². The molecule has 6 nitrogen and oxygen atoms in total. The number of carbonyl (C=O) groups excluding carboxylic acids is 1. The van der Waals surface area contributed by atoms with Gasteiger partial charge in [-0.3, -0.25) is 9.78 Å². The lowest BCUT2D eigenvalue weighted by atomic mass is 10.0. The lowest BCUT2D eigenvalue weighted by Gasteiger charge is -2.09. The van der Waals surface area contributed by atoms with Crippen molar-refractivity contribution in [2.45, 2.75) is 0 Å². The van der Waals surface area contributed by atoms with Crippen molar-refractivity contribution in [2.24, 2.45) is 0 Å². The van der Waals surface area contributed by atoms with Crippen molar-refractivity contribution in [2.75, 3.05) is 5.32 Å². The van der Waals surface area contributed by atoms with Crippen molar-refractivity contribution in [1.29, 1.82) is 0 Å². The van der Waals surface area contributed by atoms with Crippen LogP contribution in [-0.4, -0.2) is 22.0 Å². The Balaban J connectivity index is 1.47. The van der Waals surface area contributed by atoms with Crippen LogP contribution >= 0.6 is 0 Å². The summed E-state index contributed by atoms with van der Waals surface area (Å²) in [6, 6.07) is 23.6. The second-order valence-corrected chi connectivity index (χ2v) is 7.08. The number of rotatable bonds is 4. The van der Waals surface area contributed by atoms with Gasteiger partial charge in [0.1, 0.15) is 11.3 Å². The van der Waals surface area contributed by atoms with Crippen LogP contribution in [0.15, 0.2) is 89.5 Å². The van der Waals surface area contributed by atoms with Crippen LogP contribution < -0.4 is 5.32 Å². The molecular formula is C25H16N2O4. The maximum Gasteiger partial charge on any atom is 0.337 e. The zero-order chi connectivity index (χ0) is 21.4. The molecule has 0 unspecified atom stereocenters. The molecule has 0 bridgehead atoms. The molecular weight excluding hydrogens is 392 g/mol. The third-order valence-corrected chi connectivity index (χ3v) is 5.05. The molecule has 150 valence electrons. The van der Waals surface area contributed by atoms with E-state index in [2.05, 4.69) is 10.3 Å². The van der Waals surface area contributed by atoms with Gasteiger partial charge in [0.2, 0.25) is 0 Å². The van der Waals surface area contributed by atoms with Gasteiger partial charge in [-0.05, 0) is 36.4 Å². The molecule has 0 spiro atoms. The average molecular weight is 408 g/mol. The number of aromatic nitrogens is 1. The zero-order valence-corrected chi connectivity index (χ0v) is 16.2. The smallest absolute Gasteiger partial charge is 0.337 e. The van der Waals surface area contributed by atoms with Gasteiger partial charge in [-0.25, -0.2) is 4.79 Å². The van der Waals surface area contributed by atoms with Gasteiger partial charge in [-0.1, -0.05) is 42.5 Å². The Morgan fingerprint density at radius 3 is 2.52 bits per heavy atom. The number of nitrogens with one attached hydrogen (secondary N) is 1. The van der Waals surface area contributed by atoms with Crippen LogP contribution in [-0.2, 0) is 0 Å². The number of nitrogens with zero attached hydrogens (tertiary/aromatic N) is 1. The lowest BCUT2D eigenvalue weighted by molar-refractivity contribution is 0.0696. The highest BCUT2D eigenvalue weighted by Crippen LogP contribution is 2.30. The van der Waals surface area contributed by atoms with E-state index in [1.807, 2.05) is 42.5 Å². The first-order valence-electron chi connectivity index (χ1n) is 9.61. The average Bonchev–Trinajstić information content (AvgIpc) is 3.23. The third-order valence-electron chi connectivity index (χ3n) is 5.05. The summed E-state index contributed by atoms with van der Waals surface area (Å²) < 4.78 is 5.95. The van der Waals surface area contributed by atoms with E-state index in [-0.39, 0.29) is 11.5 Å². The molecule has 0 fully saturated rings. The normalized spacial score (nSPS) is 11.0. The number of fused-ring (bicyclic) bond motifs is 2. The molecule has 6 heteroatoms. The maximum absolute atomic E-state index is 13.1. The number of pyridine rings is 1. The summed E-state index contributed by atoms with van der Waals surface area (Å²) in [5.41, 5.74) is 3.20. The molecule has 0 saturated heterocycles. The van der Waals surface area contributed by atoms with E-state index in [4.69, 9.17) is 9.52 Å². The van der Waals surface area contributed by atoms with E-state index in [0.717, 1.165) is 11.0 Å². The summed E-state index contributed by atoms with van der Waals surface area (Å²) in [5.74, 6) is -0.695. The van der Waals surface area contributed by atoms with Gasteiger partial charge in [-0.15, -0.1) is 0 Å². The number of aromatic carboxylic acids is 1. The number of anilines is 1. The Morgan fingerprint density at radius 1 is 0.871 bits per heavy atom. The molecule has 2 aromatic heterocycles. The number of carboxylic acid groups (broad SMARTS) is 1. The largest absolute Gasteiger partial charge is 0.478 e. The van der Waals surface area contributed by atoms with Crippen LogP contribution in [0.1, 0.15) is 20.7 Å². The van der Waals surface area contributed by atoms with Crippen LogP contribution in [0.5, 0.6) is 0 Å². The lowest BCUT2D eigenvalue weighted by Crippen LogP contribution is -2.13. The Bertz CT molecular complexity index is 1440. The predicted octanol–water partition coefficient (Wildman–Crippen LogP) is 5.60. The molecule has 0 aliphatic carbocycles. The Kier molecular flexibility index (Phi) is 4.45. The SMILES string of the molecule is O=C(O)c1cnc2cc(NC(=O)c3ccccc3-c3cc4ccccc4o3)ccc2c1. The van der Waals surface area contributed by atoms with Gasteiger partial charge in [0, 0.05) is 28.2 Å². The van der Waals surface area contributed by atoms with Crippen molar-refractivity contribution < 1.29 is 19.1 Å². The number of benzene rings is 3. The van der Waals surface area contributed by atoms with E-state index >= 15 is 0 Å².